The van der Waals surface area contributed by atoms with Crippen LogP contribution < -0.4 is 5.73 Å². The monoisotopic (exact) mass is 164 g/mol. The van der Waals surface area contributed by atoms with Crippen molar-refractivity contribution in [2.75, 3.05) is 0 Å². The van der Waals surface area contributed by atoms with Gasteiger partial charge in [-0.1, -0.05) is 13.8 Å². The highest BCUT2D eigenvalue weighted by atomic mass is 14.7. The normalized spacial score (nSPS) is 12.9. The fourth-order valence-electron chi connectivity index (χ4n) is 1.31. The molecule has 0 unspecified atom stereocenters. The summed E-state index contributed by atoms with van der Waals surface area (Å²) in [6.45, 7) is 4.23. The molecule has 0 fully saturated rings. The number of hydrogen-bond donors (Lipinski definition) is 1. The molecule has 0 spiro atoms. The van der Waals surface area contributed by atoms with Gasteiger partial charge in [-0.15, -0.1) is 0 Å². The molecule has 0 saturated carbocycles. The third-order valence-electron chi connectivity index (χ3n) is 2.17. The van der Waals surface area contributed by atoms with Crippen LogP contribution in [-0.2, 0) is 6.42 Å². The topological polar surface area (TPSA) is 38.9 Å². The molecule has 1 heterocycles. The van der Waals surface area contributed by atoms with Crippen LogP contribution in [0.1, 0.15) is 37.4 Å². The molecule has 0 aliphatic heterocycles. The number of aromatic nitrogens is 1. The van der Waals surface area contributed by atoms with Gasteiger partial charge in [0, 0.05) is 18.4 Å². The maximum atomic E-state index is 5.93. The van der Waals surface area contributed by atoms with Gasteiger partial charge in [0.05, 0.1) is 0 Å². The van der Waals surface area contributed by atoms with Crippen molar-refractivity contribution in [3.63, 3.8) is 0 Å². The molecular weight excluding hydrogens is 148 g/mol. The van der Waals surface area contributed by atoms with Gasteiger partial charge in [0.25, 0.3) is 0 Å². The summed E-state index contributed by atoms with van der Waals surface area (Å²) < 4.78 is 0. The molecule has 0 amide bonds. The highest BCUT2D eigenvalue weighted by molar-refractivity contribution is 5.25. The second-order valence-corrected chi connectivity index (χ2v) is 2.94. The van der Waals surface area contributed by atoms with Crippen LogP contribution in [0.3, 0.4) is 0 Å². The van der Waals surface area contributed by atoms with Gasteiger partial charge in [-0.3, -0.25) is 4.98 Å². The van der Waals surface area contributed by atoms with E-state index in [4.69, 9.17) is 5.73 Å². The van der Waals surface area contributed by atoms with E-state index in [-0.39, 0.29) is 6.04 Å². The quantitative estimate of drug-likeness (QED) is 0.742. The Hall–Kier alpha value is -0.890. The van der Waals surface area contributed by atoms with E-state index < -0.39 is 0 Å². The van der Waals surface area contributed by atoms with Crippen LogP contribution in [0, 0.1) is 0 Å². The number of nitrogens with zero attached hydrogens (tertiary/aromatic N) is 1. The minimum absolute atomic E-state index is 0.147. The third-order valence-corrected chi connectivity index (χ3v) is 2.17. The first-order valence-electron chi connectivity index (χ1n) is 4.48. The molecule has 2 nitrogen and oxygen atoms in total. The summed E-state index contributed by atoms with van der Waals surface area (Å²) in [5.41, 5.74) is 8.45. The van der Waals surface area contributed by atoms with Gasteiger partial charge in [-0.2, -0.15) is 0 Å². The standard InChI is InChI=1S/C10H16N2/c1-3-8-5-6-12-7-9(8)10(11)4-2/h5-7,10H,3-4,11H2,1-2H3/t10-/m0/s1. The summed E-state index contributed by atoms with van der Waals surface area (Å²) in [4.78, 5) is 4.08. The molecule has 1 atom stereocenters. The van der Waals surface area contributed by atoms with Crippen molar-refractivity contribution < 1.29 is 0 Å². The van der Waals surface area contributed by atoms with E-state index in [1.54, 1.807) is 0 Å². The summed E-state index contributed by atoms with van der Waals surface area (Å²) >= 11 is 0. The van der Waals surface area contributed by atoms with E-state index in [1.165, 1.54) is 11.1 Å². The Morgan fingerprint density at radius 3 is 2.83 bits per heavy atom. The first-order valence-corrected chi connectivity index (χ1v) is 4.48. The lowest BCUT2D eigenvalue weighted by Crippen LogP contribution is -2.11. The van der Waals surface area contributed by atoms with Crippen LogP contribution >= 0.6 is 0 Å². The molecule has 0 aliphatic rings. The molecular formula is C10H16N2. The molecule has 1 rings (SSSR count). The van der Waals surface area contributed by atoms with Crippen LogP contribution in [0.15, 0.2) is 18.5 Å². The fourth-order valence-corrected chi connectivity index (χ4v) is 1.31. The molecule has 1 aromatic rings. The fraction of sp³-hybridized carbons (Fsp3) is 0.500. The molecule has 0 aliphatic carbocycles. The predicted molar refractivity (Wildman–Crippen MR) is 50.8 cm³/mol. The Balaban J connectivity index is 2.96. The van der Waals surface area contributed by atoms with Crippen molar-refractivity contribution in [3.05, 3.63) is 29.6 Å². The summed E-state index contributed by atoms with van der Waals surface area (Å²) in [5.74, 6) is 0. The molecule has 2 N–H and O–H groups in total. The van der Waals surface area contributed by atoms with E-state index in [1.807, 2.05) is 18.5 Å². The lowest BCUT2D eigenvalue weighted by Gasteiger charge is -2.12. The van der Waals surface area contributed by atoms with Crippen LogP contribution in [0.5, 0.6) is 0 Å². The molecule has 66 valence electrons. The summed E-state index contributed by atoms with van der Waals surface area (Å²) in [6.07, 6.45) is 5.71. The van der Waals surface area contributed by atoms with E-state index in [9.17, 15) is 0 Å². The van der Waals surface area contributed by atoms with Crippen LogP contribution in [0.4, 0.5) is 0 Å². The van der Waals surface area contributed by atoms with Crippen molar-refractivity contribution in [1.29, 1.82) is 0 Å². The van der Waals surface area contributed by atoms with Gasteiger partial charge in [0.1, 0.15) is 0 Å². The first kappa shape index (κ1) is 9.20. The van der Waals surface area contributed by atoms with Gasteiger partial charge in [0.15, 0.2) is 0 Å². The molecule has 0 bridgehead atoms. The lowest BCUT2D eigenvalue weighted by molar-refractivity contribution is 0.686. The zero-order valence-corrected chi connectivity index (χ0v) is 7.75. The average Bonchev–Trinajstić information content (AvgIpc) is 2.16. The number of aryl methyl sites for hydroxylation is 1. The van der Waals surface area contributed by atoms with Crippen molar-refractivity contribution in [2.45, 2.75) is 32.7 Å². The van der Waals surface area contributed by atoms with E-state index >= 15 is 0 Å². The van der Waals surface area contributed by atoms with Crippen LogP contribution in [-0.4, -0.2) is 4.98 Å². The Morgan fingerprint density at radius 2 is 2.25 bits per heavy atom. The summed E-state index contributed by atoms with van der Waals surface area (Å²) in [5, 5.41) is 0. The Labute approximate surface area is 73.8 Å². The predicted octanol–water partition coefficient (Wildman–Crippen LogP) is 2.05. The minimum Gasteiger partial charge on any atom is -0.324 e. The molecule has 1 aromatic heterocycles. The minimum atomic E-state index is 0.147. The maximum Gasteiger partial charge on any atom is 0.0318 e. The molecule has 0 saturated heterocycles. The number of hydrogen-bond acceptors (Lipinski definition) is 2. The first-order chi connectivity index (χ1) is 5.79. The van der Waals surface area contributed by atoms with Crippen molar-refractivity contribution in [2.24, 2.45) is 5.73 Å². The second-order valence-electron chi connectivity index (χ2n) is 2.94. The molecule has 2 heteroatoms. The van der Waals surface area contributed by atoms with Crippen LogP contribution in [0.25, 0.3) is 0 Å². The smallest absolute Gasteiger partial charge is 0.0318 e. The Bertz CT molecular complexity index is 245. The van der Waals surface area contributed by atoms with Gasteiger partial charge >= 0.3 is 0 Å². The maximum absolute atomic E-state index is 5.93. The highest BCUT2D eigenvalue weighted by Gasteiger charge is 2.06. The third kappa shape index (κ3) is 1.83. The van der Waals surface area contributed by atoms with Crippen molar-refractivity contribution >= 4 is 0 Å². The average molecular weight is 164 g/mol. The van der Waals surface area contributed by atoms with Gasteiger partial charge in [0.2, 0.25) is 0 Å². The number of rotatable bonds is 3. The van der Waals surface area contributed by atoms with Crippen molar-refractivity contribution in [3.8, 4) is 0 Å². The van der Waals surface area contributed by atoms with E-state index in [0.717, 1.165) is 12.8 Å². The molecule has 0 aromatic carbocycles. The number of pyridine rings is 1. The van der Waals surface area contributed by atoms with E-state index in [0.29, 0.717) is 0 Å². The molecule has 0 radical (unpaired) electrons. The SMILES string of the molecule is CCc1ccncc1[C@@H](N)CC. The van der Waals surface area contributed by atoms with Gasteiger partial charge < -0.3 is 5.73 Å². The second kappa shape index (κ2) is 4.21. The Morgan fingerprint density at radius 1 is 1.50 bits per heavy atom. The highest BCUT2D eigenvalue weighted by Crippen LogP contribution is 2.17. The summed E-state index contributed by atoms with van der Waals surface area (Å²) in [6, 6.07) is 2.19. The number of nitrogens with two attached hydrogens (primary N) is 1. The lowest BCUT2D eigenvalue weighted by atomic mass is 10.0. The zero-order valence-electron chi connectivity index (χ0n) is 7.75. The Kier molecular flexibility index (Phi) is 3.23. The zero-order chi connectivity index (χ0) is 8.97. The summed E-state index contributed by atoms with van der Waals surface area (Å²) in [7, 11) is 0. The van der Waals surface area contributed by atoms with Gasteiger partial charge in [-0.05, 0) is 30.0 Å². The van der Waals surface area contributed by atoms with Crippen molar-refractivity contribution in [1.82, 2.24) is 4.98 Å². The van der Waals surface area contributed by atoms with Crippen LogP contribution in [0.2, 0.25) is 0 Å². The largest absolute Gasteiger partial charge is 0.324 e. The van der Waals surface area contributed by atoms with E-state index in [2.05, 4.69) is 18.8 Å². The molecule has 12 heavy (non-hydrogen) atoms. The van der Waals surface area contributed by atoms with Gasteiger partial charge in [-0.25, -0.2) is 0 Å².